The van der Waals surface area contributed by atoms with Crippen molar-refractivity contribution < 1.29 is 13.9 Å². The lowest BCUT2D eigenvalue weighted by molar-refractivity contribution is 0.104. The zero-order valence-electron chi connectivity index (χ0n) is 12.7. The molecule has 2 aromatic carbocycles. The van der Waals surface area contributed by atoms with E-state index in [0.29, 0.717) is 21.6 Å². The molecule has 1 aromatic heterocycles. The molecule has 0 N–H and O–H groups in total. The maximum atomic E-state index is 12.5. The van der Waals surface area contributed by atoms with E-state index in [4.69, 9.17) is 9.15 Å². The Morgan fingerprint density at radius 2 is 2.04 bits per heavy atom. The molecule has 1 heterocycles. The second-order valence-corrected chi connectivity index (χ2v) is 5.93. The lowest BCUT2D eigenvalue weighted by Gasteiger charge is -2.07. The molecule has 120 valence electrons. The van der Waals surface area contributed by atoms with Crippen LogP contribution in [0.2, 0.25) is 0 Å². The number of carbonyl (C=O) groups is 1. The fraction of sp³-hybridized carbons (Fsp3) is 0.0526. The van der Waals surface area contributed by atoms with Crippen LogP contribution in [0.3, 0.4) is 0 Å². The molecule has 5 heteroatoms. The molecular formula is C19H14O4S. The summed E-state index contributed by atoms with van der Waals surface area (Å²) in [6.07, 6.45) is 4.80. The summed E-state index contributed by atoms with van der Waals surface area (Å²) in [7, 11) is 0. The van der Waals surface area contributed by atoms with Gasteiger partial charge in [0.15, 0.2) is 11.4 Å². The Hall–Kier alpha value is -2.92. The van der Waals surface area contributed by atoms with Gasteiger partial charge in [-0.25, -0.2) is 4.79 Å². The summed E-state index contributed by atoms with van der Waals surface area (Å²) in [6.45, 7) is 3.87. The van der Waals surface area contributed by atoms with Crippen LogP contribution in [-0.2, 0) is 0 Å². The smallest absolute Gasteiger partial charge is 0.396 e. The molecule has 4 nitrogen and oxygen atoms in total. The Morgan fingerprint density at radius 1 is 1.25 bits per heavy atom. The predicted octanol–water partition coefficient (Wildman–Crippen LogP) is 4.32. The number of fused-ring (bicyclic) bond motifs is 1. The van der Waals surface area contributed by atoms with E-state index in [1.165, 1.54) is 6.08 Å². The molecule has 3 rings (SSSR count). The van der Waals surface area contributed by atoms with Crippen molar-refractivity contribution in [3.63, 3.8) is 0 Å². The minimum absolute atomic E-state index is 0.228. The highest BCUT2D eigenvalue weighted by Crippen LogP contribution is 2.28. The van der Waals surface area contributed by atoms with Gasteiger partial charge in [0.25, 0.3) is 0 Å². The zero-order valence-corrected chi connectivity index (χ0v) is 13.5. The quantitative estimate of drug-likeness (QED) is 0.382. The average molecular weight is 338 g/mol. The Labute approximate surface area is 142 Å². The van der Waals surface area contributed by atoms with Crippen molar-refractivity contribution in [2.45, 2.75) is 0 Å². The Morgan fingerprint density at radius 3 is 2.79 bits per heavy atom. The summed E-state index contributed by atoms with van der Waals surface area (Å²) in [6, 6.07) is 12.7. The van der Waals surface area contributed by atoms with Gasteiger partial charge in [0, 0.05) is 6.07 Å². The number of rotatable bonds is 6. The zero-order chi connectivity index (χ0) is 16.9. The summed E-state index contributed by atoms with van der Waals surface area (Å²) in [5, 5.41) is 0. The topological polar surface area (TPSA) is 56.5 Å². The minimum atomic E-state index is -0.413. The van der Waals surface area contributed by atoms with Gasteiger partial charge in [-0.15, -0.1) is 0 Å². The number of carbonyl (C=O) groups excluding carboxylic acids is 1. The summed E-state index contributed by atoms with van der Waals surface area (Å²) in [5.41, 5.74) is 1.65. The number of ketones is 1. The first-order valence-electron chi connectivity index (χ1n) is 7.26. The third-order valence-corrected chi connectivity index (χ3v) is 4.07. The lowest BCUT2D eigenvalue weighted by Crippen LogP contribution is -2.02. The molecule has 0 aliphatic heterocycles. The van der Waals surface area contributed by atoms with Crippen LogP contribution in [0.5, 0.6) is 5.75 Å². The van der Waals surface area contributed by atoms with Crippen LogP contribution in [-0.4, -0.2) is 12.4 Å². The fourth-order valence-electron chi connectivity index (χ4n) is 2.19. The van der Waals surface area contributed by atoms with Crippen LogP contribution in [0.1, 0.15) is 15.9 Å². The van der Waals surface area contributed by atoms with Gasteiger partial charge in [-0.05, 0) is 17.7 Å². The van der Waals surface area contributed by atoms with Gasteiger partial charge >= 0.3 is 4.94 Å². The normalized spacial score (nSPS) is 11.0. The van der Waals surface area contributed by atoms with E-state index >= 15 is 0 Å². The highest BCUT2D eigenvalue weighted by Gasteiger charge is 2.15. The Bertz CT molecular complexity index is 964. The SMILES string of the molecule is C=CCOc1cc2sc(=O)oc2cc1C(=O)/C=C/c1ccccc1. The second-order valence-electron chi connectivity index (χ2n) is 4.96. The van der Waals surface area contributed by atoms with Gasteiger partial charge in [-0.3, -0.25) is 4.79 Å². The van der Waals surface area contributed by atoms with Crippen molar-refractivity contribution in [1.29, 1.82) is 0 Å². The summed E-state index contributed by atoms with van der Waals surface area (Å²) < 4.78 is 11.3. The van der Waals surface area contributed by atoms with Gasteiger partial charge in [0.05, 0.1) is 10.3 Å². The number of hydrogen-bond donors (Lipinski definition) is 0. The third-order valence-electron chi connectivity index (χ3n) is 3.28. The molecule has 0 radical (unpaired) electrons. The van der Waals surface area contributed by atoms with Gasteiger partial charge in [-0.1, -0.05) is 60.4 Å². The average Bonchev–Trinajstić information content (AvgIpc) is 2.96. The molecule has 0 aliphatic carbocycles. The highest BCUT2D eigenvalue weighted by atomic mass is 32.1. The molecule has 0 saturated carbocycles. The molecule has 0 spiro atoms. The maximum absolute atomic E-state index is 12.5. The van der Waals surface area contributed by atoms with E-state index in [1.807, 2.05) is 30.3 Å². The monoisotopic (exact) mass is 338 g/mol. The largest absolute Gasteiger partial charge is 0.489 e. The van der Waals surface area contributed by atoms with Crippen molar-refractivity contribution in [2.24, 2.45) is 0 Å². The van der Waals surface area contributed by atoms with Crippen molar-refractivity contribution in [1.82, 2.24) is 0 Å². The van der Waals surface area contributed by atoms with Crippen LogP contribution in [0.15, 0.2) is 70.4 Å². The van der Waals surface area contributed by atoms with E-state index < -0.39 is 4.94 Å². The van der Waals surface area contributed by atoms with Crippen molar-refractivity contribution in [3.05, 3.63) is 82.1 Å². The Balaban J connectivity index is 1.98. The molecule has 0 fully saturated rings. The molecule has 0 atom stereocenters. The number of benzene rings is 2. The standard InChI is InChI=1S/C19H14O4S/c1-2-10-22-16-12-18-17(23-19(21)24-18)11-14(16)15(20)9-8-13-6-4-3-5-7-13/h2-9,11-12H,1,10H2/b9-8+. The molecule has 0 amide bonds. The molecule has 0 saturated heterocycles. The molecule has 24 heavy (non-hydrogen) atoms. The first kappa shape index (κ1) is 16.0. The van der Waals surface area contributed by atoms with Crippen LogP contribution >= 0.6 is 11.3 Å². The summed E-state index contributed by atoms with van der Waals surface area (Å²) in [5.74, 6) is 0.177. The maximum Gasteiger partial charge on any atom is 0.396 e. The first-order chi connectivity index (χ1) is 11.7. The Kier molecular flexibility index (Phi) is 4.72. The fourth-order valence-corrected chi connectivity index (χ4v) is 2.87. The molecule has 0 unspecified atom stereocenters. The number of ether oxygens (including phenoxy) is 1. The van der Waals surface area contributed by atoms with E-state index in [2.05, 4.69) is 6.58 Å². The van der Waals surface area contributed by atoms with E-state index in [0.717, 1.165) is 16.9 Å². The van der Waals surface area contributed by atoms with Crippen LogP contribution < -0.4 is 9.68 Å². The first-order valence-corrected chi connectivity index (χ1v) is 8.08. The van der Waals surface area contributed by atoms with E-state index in [1.54, 1.807) is 24.3 Å². The van der Waals surface area contributed by atoms with Crippen molar-refractivity contribution in [2.75, 3.05) is 6.61 Å². The van der Waals surface area contributed by atoms with Gasteiger partial charge in [0.2, 0.25) is 0 Å². The van der Waals surface area contributed by atoms with E-state index in [9.17, 15) is 9.59 Å². The molecular weight excluding hydrogens is 324 g/mol. The van der Waals surface area contributed by atoms with E-state index in [-0.39, 0.29) is 12.4 Å². The molecule has 3 aromatic rings. The van der Waals surface area contributed by atoms with Gasteiger partial charge in [-0.2, -0.15) is 0 Å². The highest BCUT2D eigenvalue weighted by molar-refractivity contribution is 7.16. The number of allylic oxidation sites excluding steroid dienone is 1. The minimum Gasteiger partial charge on any atom is -0.489 e. The lowest BCUT2D eigenvalue weighted by atomic mass is 10.1. The summed E-state index contributed by atoms with van der Waals surface area (Å²) >= 11 is 0.973. The van der Waals surface area contributed by atoms with Crippen LogP contribution in [0.4, 0.5) is 0 Å². The predicted molar refractivity (Wildman–Crippen MR) is 95.9 cm³/mol. The van der Waals surface area contributed by atoms with Crippen molar-refractivity contribution >= 4 is 33.5 Å². The molecule has 0 bridgehead atoms. The third kappa shape index (κ3) is 3.52. The summed E-state index contributed by atoms with van der Waals surface area (Å²) in [4.78, 5) is 23.5. The molecule has 0 aliphatic rings. The second kappa shape index (κ2) is 7.10. The van der Waals surface area contributed by atoms with Crippen molar-refractivity contribution in [3.8, 4) is 5.75 Å². The van der Waals surface area contributed by atoms with Gasteiger partial charge in [0.1, 0.15) is 12.4 Å². The van der Waals surface area contributed by atoms with Crippen LogP contribution in [0, 0.1) is 0 Å². The number of hydrogen-bond acceptors (Lipinski definition) is 5. The van der Waals surface area contributed by atoms with Gasteiger partial charge < -0.3 is 9.15 Å². The van der Waals surface area contributed by atoms with Crippen LogP contribution in [0.25, 0.3) is 16.4 Å².